The number of hydrogen-bond donors (Lipinski definition) is 2. The summed E-state index contributed by atoms with van der Waals surface area (Å²) in [7, 11) is 0. The van der Waals surface area contributed by atoms with Crippen LogP contribution in [0, 0.1) is 0 Å². The van der Waals surface area contributed by atoms with E-state index in [9.17, 15) is 18.3 Å². The van der Waals surface area contributed by atoms with Crippen LogP contribution in [0.3, 0.4) is 0 Å². The topological polar surface area (TPSA) is 55.5 Å². The second-order valence-electron chi connectivity index (χ2n) is 3.95. The predicted molar refractivity (Wildman–Crippen MR) is 54.6 cm³/mol. The van der Waals surface area contributed by atoms with E-state index >= 15 is 0 Å². The van der Waals surface area contributed by atoms with E-state index in [0.29, 0.717) is 18.6 Å². The second-order valence-corrected chi connectivity index (χ2v) is 3.95. The fourth-order valence-corrected chi connectivity index (χ4v) is 1.92. The number of para-hydroxylation sites is 1. The summed E-state index contributed by atoms with van der Waals surface area (Å²) in [5.41, 5.74) is 2.40. The van der Waals surface area contributed by atoms with Crippen LogP contribution in [0.5, 0.6) is 5.75 Å². The highest BCUT2D eigenvalue weighted by Gasteiger charge is 2.55. The van der Waals surface area contributed by atoms with Crippen LogP contribution in [-0.4, -0.2) is 24.4 Å². The van der Waals surface area contributed by atoms with Gasteiger partial charge >= 0.3 is 6.18 Å². The van der Waals surface area contributed by atoms with Crippen molar-refractivity contribution >= 4 is 0 Å². The molecule has 0 saturated carbocycles. The Balaban J connectivity index is 2.56. The smallest absolute Gasteiger partial charge is 0.422 e. The van der Waals surface area contributed by atoms with E-state index < -0.39 is 18.3 Å². The molecular weight excluding hydrogens is 235 g/mol. The molecule has 1 aromatic rings. The quantitative estimate of drug-likeness (QED) is 0.829. The van der Waals surface area contributed by atoms with Gasteiger partial charge in [-0.05, 0) is 5.56 Å². The van der Waals surface area contributed by atoms with Gasteiger partial charge in [0.25, 0.3) is 0 Å². The van der Waals surface area contributed by atoms with Gasteiger partial charge in [-0.3, -0.25) is 0 Å². The van der Waals surface area contributed by atoms with Gasteiger partial charge in [-0.15, -0.1) is 0 Å². The van der Waals surface area contributed by atoms with Crippen molar-refractivity contribution in [3.05, 3.63) is 29.3 Å². The number of alkyl halides is 3. The van der Waals surface area contributed by atoms with Crippen molar-refractivity contribution in [3.63, 3.8) is 0 Å². The molecule has 1 unspecified atom stereocenters. The zero-order chi connectivity index (χ0) is 12.7. The lowest BCUT2D eigenvalue weighted by molar-refractivity contribution is -0.262. The highest BCUT2D eigenvalue weighted by atomic mass is 19.4. The lowest BCUT2D eigenvalue weighted by Gasteiger charge is -2.30. The zero-order valence-electron chi connectivity index (χ0n) is 8.92. The molecule has 1 heterocycles. The summed E-state index contributed by atoms with van der Waals surface area (Å²) in [6, 6.07) is 4.35. The molecule has 0 spiro atoms. The van der Waals surface area contributed by atoms with Crippen molar-refractivity contribution < 1.29 is 23.0 Å². The van der Waals surface area contributed by atoms with Crippen molar-refractivity contribution in [1.29, 1.82) is 0 Å². The third kappa shape index (κ3) is 1.77. The third-order valence-electron chi connectivity index (χ3n) is 2.92. The van der Waals surface area contributed by atoms with E-state index in [0.717, 1.165) is 0 Å². The maximum Gasteiger partial charge on any atom is 0.422 e. The van der Waals surface area contributed by atoms with Gasteiger partial charge in [-0.1, -0.05) is 18.2 Å². The number of ether oxygens (including phenoxy) is 1. The van der Waals surface area contributed by atoms with Crippen LogP contribution < -0.4 is 10.5 Å². The van der Waals surface area contributed by atoms with Crippen LogP contribution in [0.25, 0.3) is 0 Å². The molecule has 0 radical (unpaired) electrons. The first-order valence-electron chi connectivity index (χ1n) is 5.14. The van der Waals surface area contributed by atoms with Crippen molar-refractivity contribution in [2.75, 3.05) is 13.2 Å². The van der Waals surface area contributed by atoms with Crippen LogP contribution in [0.4, 0.5) is 13.2 Å². The van der Waals surface area contributed by atoms with Gasteiger partial charge in [0.05, 0.1) is 6.61 Å². The lowest BCUT2D eigenvalue weighted by Crippen LogP contribution is -2.48. The maximum absolute atomic E-state index is 12.9. The average molecular weight is 247 g/mol. The summed E-state index contributed by atoms with van der Waals surface area (Å²) in [6.07, 6.45) is -4.29. The first-order valence-corrected chi connectivity index (χ1v) is 5.14. The highest BCUT2D eigenvalue weighted by molar-refractivity contribution is 5.47. The summed E-state index contributed by atoms with van der Waals surface area (Å²) in [5, 5.41) is 9.76. The summed E-state index contributed by atoms with van der Waals surface area (Å²) < 4.78 is 43.8. The molecule has 0 saturated heterocycles. The van der Waals surface area contributed by atoms with Crippen LogP contribution in [0.1, 0.15) is 11.1 Å². The molecule has 1 atom stereocenters. The predicted octanol–water partition coefficient (Wildman–Crippen LogP) is 1.33. The van der Waals surface area contributed by atoms with Crippen molar-refractivity contribution in [1.82, 2.24) is 0 Å². The van der Waals surface area contributed by atoms with Gasteiger partial charge in [0.1, 0.15) is 5.75 Å². The van der Waals surface area contributed by atoms with E-state index in [4.69, 9.17) is 10.5 Å². The first kappa shape index (κ1) is 12.2. The molecule has 0 bridgehead atoms. The van der Waals surface area contributed by atoms with Crippen LogP contribution >= 0.6 is 0 Å². The van der Waals surface area contributed by atoms with Gasteiger partial charge < -0.3 is 15.6 Å². The molecular formula is C11H12F3NO2. The Labute approximate surface area is 96.0 Å². The maximum atomic E-state index is 12.9. The molecule has 1 aliphatic heterocycles. The number of fused-ring (bicyclic) bond motifs is 1. The second kappa shape index (κ2) is 3.89. The molecule has 1 aromatic carbocycles. The third-order valence-corrected chi connectivity index (χ3v) is 2.92. The fraction of sp³-hybridized carbons (Fsp3) is 0.455. The van der Waals surface area contributed by atoms with Gasteiger partial charge in [-0.25, -0.2) is 0 Å². The number of halogens is 3. The van der Waals surface area contributed by atoms with Crippen LogP contribution in [-0.2, 0) is 12.0 Å². The Morgan fingerprint density at radius 2 is 2.06 bits per heavy atom. The van der Waals surface area contributed by atoms with E-state index in [1.54, 1.807) is 6.07 Å². The molecule has 17 heavy (non-hydrogen) atoms. The number of rotatable bonds is 2. The Kier molecular flexibility index (Phi) is 2.79. The minimum absolute atomic E-state index is 0.109. The SMILES string of the molecule is NCC(O)(c1cccc2c1OCC2)C(F)(F)F. The molecule has 0 aromatic heterocycles. The molecule has 0 amide bonds. The summed E-state index contributed by atoms with van der Waals surface area (Å²) in [6.45, 7) is -0.610. The van der Waals surface area contributed by atoms with E-state index in [1.807, 2.05) is 0 Å². The van der Waals surface area contributed by atoms with Crippen molar-refractivity contribution in [3.8, 4) is 5.75 Å². The van der Waals surface area contributed by atoms with Gasteiger partial charge in [0, 0.05) is 18.5 Å². The molecule has 3 N–H and O–H groups in total. The standard InChI is InChI=1S/C11H12F3NO2/c12-11(13,14)10(16,6-15)8-3-1-2-7-4-5-17-9(7)8/h1-3,16H,4-6,15H2. The molecule has 1 aliphatic rings. The van der Waals surface area contributed by atoms with Gasteiger partial charge in [0.15, 0.2) is 0 Å². The first-order chi connectivity index (χ1) is 7.90. The normalized spacial score (nSPS) is 18.4. The monoisotopic (exact) mass is 247 g/mol. The summed E-state index contributed by atoms with van der Waals surface area (Å²) in [5.74, 6) is 0.109. The number of aliphatic hydroxyl groups is 1. The van der Waals surface area contributed by atoms with E-state index in [2.05, 4.69) is 0 Å². The number of benzene rings is 1. The molecule has 0 fully saturated rings. The summed E-state index contributed by atoms with van der Waals surface area (Å²) >= 11 is 0. The minimum atomic E-state index is -4.83. The molecule has 94 valence electrons. The highest BCUT2D eigenvalue weighted by Crippen LogP contribution is 2.44. The number of nitrogens with two attached hydrogens (primary N) is 1. The number of hydrogen-bond acceptors (Lipinski definition) is 3. The Morgan fingerprint density at radius 3 is 2.65 bits per heavy atom. The summed E-state index contributed by atoms with van der Waals surface area (Å²) in [4.78, 5) is 0. The largest absolute Gasteiger partial charge is 0.493 e. The Bertz CT molecular complexity index is 433. The van der Waals surface area contributed by atoms with Gasteiger partial charge in [-0.2, -0.15) is 13.2 Å². The van der Waals surface area contributed by atoms with Gasteiger partial charge in [0.2, 0.25) is 5.60 Å². The molecule has 6 heteroatoms. The average Bonchev–Trinajstić information content (AvgIpc) is 2.73. The Hall–Kier alpha value is -1.27. The van der Waals surface area contributed by atoms with Crippen LogP contribution in [0.2, 0.25) is 0 Å². The molecule has 2 rings (SSSR count). The Morgan fingerprint density at radius 1 is 1.35 bits per heavy atom. The van der Waals surface area contributed by atoms with Crippen LogP contribution in [0.15, 0.2) is 18.2 Å². The van der Waals surface area contributed by atoms with E-state index in [1.165, 1.54) is 12.1 Å². The molecule has 0 aliphatic carbocycles. The van der Waals surface area contributed by atoms with Crippen molar-refractivity contribution in [2.24, 2.45) is 5.73 Å². The minimum Gasteiger partial charge on any atom is -0.493 e. The van der Waals surface area contributed by atoms with Crippen molar-refractivity contribution in [2.45, 2.75) is 18.2 Å². The van der Waals surface area contributed by atoms with E-state index in [-0.39, 0.29) is 11.3 Å². The lowest BCUT2D eigenvalue weighted by atomic mass is 9.90. The fourth-order valence-electron chi connectivity index (χ4n) is 1.92. The molecule has 3 nitrogen and oxygen atoms in total. The zero-order valence-corrected chi connectivity index (χ0v) is 8.92.